The summed E-state index contributed by atoms with van der Waals surface area (Å²) in [4.78, 5) is 20.3. The first-order valence-corrected chi connectivity index (χ1v) is 10.2. The number of H-pyrrole nitrogens is 1. The van der Waals surface area contributed by atoms with Crippen molar-refractivity contribution < 1.29 is 23.7 Å². The molecule has 3 N–H and O–H groups in total. The lowest BCUT2D eigenvalue weighted by Gasteiger charge is -2.12. The van der Waals surface area contributed by atoms with Crippen molar-refractivity contribution in [1.82, 2.24) is 9.97 Å². The van der Waals surface area contributed by atoms with Crippen LogP contribution in [0.3, 0.4) is 0 Å². The van der Waals surface area contributed by atoms with Crippen molar-refractivity contribution in [1.29, 1.82) is 0 Å². The Kier molecular flexibility index (Phi) is 5.87. The highest BCUT2D eigenvalue weighted by molar-refractivity contribution is 6.11. The minimum atomic E-state index is -0.482. The first-order chi connectivity index (χ1) is 15.4. The molecule has 8 nitrogen and oxygen atoms in total. The van der Waals surface area contributed by atoms with Crippen molar-refractivity contribution in [2.45, 2.75) is 26.6 Å². The average Bonchev–Trinajstić information content (AvgIpc) is 3.13. The van der Waals surface area contributed by atoms with Crippen molar-refractivity contribution in [3.05, 3.63) is 53.9 Å². The van der Waals surface area contributed by atoms with Crippen LogP contribution in [0.1, 0.15) is 29.9 Å². The monoisotopic (exact) mass is 435 g/mol. The van der Waals surface area contributed by atoms with E-state index in [1.807, 2.05) is 18.2 Å². The van der Waals surface area contributed by atoms with Crippen molar-refractivity contribution in [3.8, 4) is 17.2 Å². The molecule has 0 spiro atoms. The molecule has 0 aliphatic heterocycles. The molecule has 2 aromatic heterocycles. The summed E-state index contributed by atoms with van der Waals surface area (Å²) < 4.78 is 22.1. The number of esters is 1. The molecule has 32 heavy (non-hydrogen) atoms. The van der Waals surface area contributed by atoms with Crippen LogP contribution in [0.4, 0.5) is 5.69 Å². The molecule has 2 heterocycles. The Morgan fingerprint density at radius 1 is 1.09 bits per heavy atom. The van der Waals surface area contributed by atoms with E-state index in [2.05, 4.69) is 9.97 Å². The van der Waals surface area contributed by atoms with Gasteiger partial charge in [-0.25, -0.2) is 9.78 Å². The third kappa shape index (κ3) is 4.04. The van der Waals surface area contributed by atoms with Gasteiger partial charge >= 0.3 is 5.97 Å². The number of methoxy groups -OCH3 is 2. The van der Waals surface area contributed by atoms with Crippen molar-refractivity contribution in [2.75, 3.05) is 20.0 Å². The minimum absolute atomic E-state index is 0.208. The van der Waals surface area contributed by atoms with Crippen molar-refractivity contribution in [2.24, 2.45) is 0 Å². The Morgan fingerprint density at radius 3 is 2.56 bits per heavy atom. The van der Waals surface area contributed by atoms with Gasteiger partial charge in [-0.2, -0.15) is 0 Å². The zero-order valence-electron chi connectivity index (χ0n) is 18.4. The molecule has 0 saturated carbocycles. The molecule has 4 aromatic rings. The largest absolute Gasteiger partial charge is 0.494 e. The number of ether oxygens (including phenoxy) is 4. The Balaban J connectivity index is 1.82. The number of nitrogens with one attached hydrogen (secondary N) is 1. The molecule has 4 rings (SSSR count). The smallest absolute Gasteiger partial charge is 0.357 e. The van der Waals surface area contributed by atoms with Gasteiger partial charge in [-0.15, -0.1) is 0 Å². The second-order valence-electron chi connectivity index (χ2n) is 7.60. The Hall–Kier alpha value is -3.78. The number of aromatic amines is 1. The summed E-state index contributed by atoms with van der Waals surface area (Å²) >= 11 is 0. The summed E-state index contributed by atoms with van der Waals surface area (Å²) in [6.07, 6.45) is 1.38. The van der Waals surface area contributed by atoms with E-state index in [0.29, 0.717) is 28.5 Å². The first-order valence-electron chi connectivity index (χ1n) is 10.2. The highest BCUT2D eigenvalue weighted by Crippen LogP contribution is 2.35. The quantitative estimate of drug-likeness (QED) is 0.317. The molecule has 2 aromatic carbocycles. The molecule has 0 bridgehead atoms. The van der Waals surface area contributed by atoms with E-state index in [-0.39, 0.29) is 18.4 Å². The fraction of sp³-hybridized carbons (Fsp3) is 0.250. The number of carbonyl (C=O) groups excluding carboxylic acids is 1. The highest BCUT2D eigenvalue weighted by atomic mass is 16.5. The number of carbonyl (C=O) groups is 1. The van der Waals surface area contributed by atoms with Crippen LogP contribution in [-0.2, 0) is 16.1 Å². The second-order valence-corrected chi connectivity index (χ2v) is 7.60. The van der Waals surface area contributed by atoms with Gasteiger partial charge < -0.3 is 29.7 Å². The van der Waals surface area contributed by atoms with Gasteiger partial charge in [0.15, 0.2) is 5.69 Å². The van der Waals surface area contributed by atoms with E-state index in [1.165, 1.54) is 0 Å². The number of hydrogen-bond acceptors (Lipinski definition) is 7. The molecule has 0 fully saturated rings. The van der Waals surface area contributed by atoms with Crippen molar-refractivity contribution >= 4 is 33.5 Å². The molecule has 0 unspecified atom stereocenters. The zero-order valence-corrected chi connectivity index (χ0v) is 18.4. The number of nitrogen functional groups attached to an aromatic ring is 1. The number of fused-ring (bicyclic) bond motifs is 3. The number of hydrogen-bond donors (Lipinski definition) is 2. The van der Waals surface area contributed by atoms with Gasteiger partial charge in [0.1, 0.15) is 17.2 Å². The standard InChI is InChI=1S/C24H25N3O5/c1-13(2)31-24(28)23-17(12-29-3)22-16-9-14(6-8-19(16)27-20(22)11-26-23)32-15-5-7-18(25)21(10-15)30-4/h5-11,13,27H,12,25H2,1-4H3. The SMILES string of the molecule is COCc1c(C(=O)OC(C)C)ncc2[nH]c3ccc(Oc4ccc(N)c(OC)c4)cc3c12. The summed E-state index contributed by atoms with van der Waals surface area (Å²) in [5, 5.41) is 1.72. The van der Waals surface area contributed by atoms with Crippen LogP contribution < -0.4 is 15.2 Å². The molecule has 0 atom stereocenters. The van der Waals surface area contributed by atoms with Crippen LogP contribution in [-0.4, -0.2) is 36.3 Å². The predicted molar refractivity (Wildman–Crippen MR) is 122 cm³/mol. The lowest BCUT2D eigenvalue weighted by Crippen LogP contribution is -2.15. The molecular formula is C24H25N3O5. The van der Waals surface area contributed by atoms with Crippen LogP contribution in [0, 0.1) is 0 Å². The number of rotatable bonds is 7. The normalized spacial score (nSPS) is 11.3. The van der Waals surface area contributed by atoms with E-state index in [4.69, 9.17) is 24.7 Å². The van der Waals surface area contributed by atoms with Gasteiger partial charge in [-0.05, 0) is 44.2 Å². The number of nitrogens with two attached hydrogens (primary N) is 1. The number of aromatic nitrogens is 2. The van der Waals surface area contributed by atoms with Gasteiger partial charge in [0, 0.05) is 35.0 Å². The summed E-state index contributed by atoms with van der Waals surface area (Å²) in [5.41, 5.74) is 9.00. The summed E-state index contributed by atoms with van der Waals surface area (Å²) in [6.45, 7) is 3.81. The number of benzene rings is 2. The van der Waals surface area contributed by atoms with E-state index in [0.717, 1.165) is 21.8 Å². The zero-order chi connectivity index (χ0) is 22.8. The molecular weight excluding hydrogens is 410 g/mol. The van der Waals surface area contributed by atoms with Gasteiger partial charge in [0.2, 0.25) is 0 Å². The van der Waals surface area contributed by atoms with Crippen LogP contribution in [0.25, 0.3) is 21.8 Å². The predicted octanol–water partition coefficient (Wildman–Crippen LogP) is 4.81. The summed E-state index contributed by atoms with van der Waals surface area (Å²) in [7, 11) is 3.13. The van der Waals surface area contributed by atoms with E-state index in [9.17, 15) is 4.79 Å². The third-order valence-electron chi connectivity index (χ3n) is 4.97. The molecule has 0 amide bonds. The lowest BCUT2D eigenvalue weighted by molar-refractivity contribution is 0.0366. The average molecular weight is 435 g/mol. The molecule has 0 radical (unpaired) electrons. The maximum Gasteiger partial charge on any atom is 0.357 e. The maximum atomic E-state index is 12.7. The molecule has 8 heteroatoms. The first kappa shape index (κ1) is 21.5. The van der Waals surface area contributed by atoms with Crippen LogP contribution in [0.15, 0.2) is 42.6 Å². The van der Waals surface area contributed by atoms with Gasteiger partial charge in [-0.3, -0.25) is 0 Å². The topological polar surface area (TPSA) is 109 Å². The Morgan fingerprint density at radius 2 is 1.84 bits per heavy atom. The maximum absolute atomic E-state index is 12.7. The Labute approximate surface area is 185 Å². The fourth-order valence-electron chi connectivity index (χ4n) is 3.62. The Bertz CT molecular complexity index is 1300. The molecule has 0 aliphatic rings. The van der Waals surface area contributed by atoms with Crippen LogP contribution in [0.5, 0.6) is 17.2 Å². The van der Waals surface area contributed by atoms with E-state index >= 15 is 0 Å². The van der Waals surface area contributed by atoms with Gasteiger partial charge in [-0.1, -0.05) is 0 Å². The lowest BCUT2D eigenvalue weighted by atomic mass is 10.1. The summed E-state index contributed by atoms with van der Waals surface area (Å²) in [6, 6.07) is 10.9. The second kappa shape index (κ2) is 8.76. The summed E-state index contributed by atoms with van der Waals surface area (Å²) in [5.74, 6) is 1.27. The highest BCUT2D eigenvalue weighted by Gasteiger charge is 2.21. The van der Waals surface area contributed by atoms with Gasteiger partial charge in [0.05, 0.1) is 37.2 Å². The number of pyridine rings is 1. The van der Waals surface area contributed by atoms with Crippen LogP contribution in [0.2, 0.25) is 0 Å². The third-order valence-corrected chi connectivity index (χ3v) is 4.97. The van der Waals surface area contributed by atoms with E-state index < -0.39 is 5.97 Å². The van der Waals surface area contributed by atoms with Crippen molar-refractivity contribution in [3.63, 3.8) is 0 Å². The minimum Gasteiger partial charge on any atom is -0.494 e. The molecule has 0 aliphatic carbocycles. The number of anilines is 1. The van der Waals surface area contributed by atoms with E-state index in [1.54, 1.807) is 52.5 Å². The van der Waals surface area contributed by atoms with Gasteiger partial charge in [0.25, 0.3) is 0 Å². The van der Waals surface area contributed by atoms with Crippen LogP contribution >= 0.6 is 0 Å². The number of nitrogens with zero attached hydrogens (tertiary/aromatic N) is 1. The fourth-order valence-corrected chi connectivity index (χ4v) is 3.62. The molecule has 0 saturated heterocycles. The molecule has 166 valence electrons.